The highest BCUT2D eigenvalue weighted by atomic mass is 16.5. The second-order valence-electron chi connectivity index (χ2n) is 7.81. The normalized spacial score (nSPS) is 17.4. The quantitative estimate of drug-likeness (QED) is 0.236. The van der Waals surface area contributed by atoms with Gasteiger partial charge in [-0.1, -0.05) is 38.0 Å². The Kier molecular flexibility index (Phi) is 8.49. The molecule has 1 amide bonds. The van der Waals surface area contributed by atoms with Gasteiger partial charge in [-0.3, -0.25) is 9.59 Å². The van der Waals surface area contributed by atoms with Crippen LogP contribution < -0.4 is 9.47 Å². The second kappa shape index (κ2) is 11.5. The van der Waals surface area contributed by atoms with Gasteiger partial charge in [0.05, 0.1) is 31.9 Å². The average molecular weight is 454 g/mol. The van der Waals surface area contributed by atoms with E-state index in [1.807, 2.05) is 6.07 Å². The van der Waals surface area contributed by atoms with Crippen LogP contribution in [-0.2, 0) is 14.3 Å². The third-order valence-electron chi connectivity index (χ3n) is 5.65. The minimum Gasteiger partial charge on any atom is -0.507 e. The summed E-state index contributed by atoms with van der Waals surface area (Å²) in [6.45, 7) is 3.21. The number of ketones is 1. The van der Waals surface area contributed by atoms with E-state index in [1.165, 1.54) is 19.1 Å². The van der Waals surface area contributed by atoms with Gasteiger partial charge in [-0.05, 0) is 36.8 Å². The number of hydrogen-bond donors (Lipinski definition) is 1. The van der Waals surface area contributed by atoms with E-state index in [2.05, 4.69) is 6.92 Å². The maximum Gasteiger partial charge on any atom is 0.295 e. The summed E-state index contributed by atoms with van der Waals surface area (Å²) in [7, 11) is 3.06. The van der Waals surface area contributed by atoms with E-state index < -0.39 is 17.7 Å². The molecule has 1 unspecified atom stereocenters. The number of methoxy groups -OCH3 is 2. The zero-order chi connectivity index (χ0) is 23.8. The fourth-order valence-corrected chi connectivity index (χ4v) is 3.92. The number of benzene rings is 2. The monoisotopic (exact) mass is 453 g/mol. The Bertz CT molecular complexity index is 998. The molecule has 0 saturated carbocycles. The summed E-state index contributed by atoms with van der Waals surface area (Å²) in [4.78, 5) is 27.3. The number of ether oxygens (including phenoxy) is 3. The van der Waals surface area contributed by atoms with Crippen LogP contribution in [0.1, 0.15) is 43.4 Å². The molecule has 1 heterocycles. The number of likely N-dealkylation sites (tertiary alicyclic amines) is 1. The van der Waals surface area contributed by atoms with Gasteiger partial charge in [0.15, 0.2) is 0 Å². The fourth-order valence-electron chi connectivity index (χ4n) is 3.92. The first-order chi connectivity index (χ1) is 16.0. The molecule has 7 heteroatoms. The zero-order valence-electron chi connectivity index (χ0n) is 19.4. The van der Waals surface area contributed by atoms with E-state index in [4.69, 9.17) is 14.2 Å². The highest BCUT2D eigenvalue weighted by Crippen LogP contribution is 2.42. The molecular formula is C26H31NO6. The lowest BCUT2D eigenvalue weighted by molar-refractivity contribution is -0.140. The number of carbonyl (C=O) groups excluding carboxylic acids is 2. The second-order valence-corrected chi connectivity index (χ2v) is 7.81. The lowest BCUT2D eigenvalue weighted by Gasteiger charge is -2.26. The van der Waals surface area contributed by atoms with Crippen molar-refractivity contribution in [3.8, 4) is 11.5 Å². The maximum atomic E-state index is 13.0. The van der Waals surface area contributed by atoms with Crippen molar-refractivity contribution in [2.75, 3.05) is 34.0 Å². The summed E-state index contributed by atoms with van der Waals surface area (Å²) in [5.41, 5.74) is 1.07. The number of aliphatic hydroxyl groups excluding tert-OH is 1. The average Bonchev–Trinajstić information content (AvgIpc) is 3.10. The molecule has 0 radical (unpaired) electrons. The molecule has 0 aromatic heterocycles. The molecule has 3 rings (SSSR count). The Hall–Kier alpha value is -3.32. The molecule has 1 atom stereocenters. The number of rotatable bonds is 11. The Morgan fingerprint density at radius 1 is 1.00 bits per heavy atom. The van der Waals surface area contributed by atoms with Crippen LogP contribution in [0.3, 0.4) is 0 Å². The summed E-state index contributed by atoms with van der Waals surface area (Å²) in [5, 5.41) is 11.2. The van der Waals surface area contributed by atoms with Gasteiger partial charge in [-0.25, -0.2) is 0 Å². The van der Waals surface area contributed by atoms with Crippen LogP contribution in [0.2, 0.25) is 0 Å². The maximum absolute atomic E-state index is 13.0. The van der Waals surface area contributed by atoms with E-state index in [0.717, 1.165) is 19.3 Å². The molecule has 176 valence electrons. The van der Waals surface area contributed by atoms with Crippen LogP contribution in [0, 0.1) is 0 Å². The first-order valence-corrected chi connectivity index (χ1v) is 11.2. The van der Waals surface area contributed by atoms with Crippen LogP contribution in [0.25, 0.3) is 5.76 Å². The van der Waals surface area contributed by atoms with Gasteiger partial charge < -0.3 is 24.2 Å². The van der Waals surface area contributed by atoms with Crippen molar-refractivity contribution >= 4 is 17.4 Å². The van der Waals surface area contributed by atoms with Crippen molar-refractivity contribution in [3.63, 3.8) is 0 Å². The molecule has 1 aliphatic heterocycles. The molecular weight excluding hydrogens is 422 g/mol. The number of carbonyl (C=O) groups is 2. The van der Waals surface area contributed by atoms with Crippen LogP contribution >= 0.6 is 0 Å². The molecule has 0 bridgehead atoms. The van der Waals surface area contributed by atoms with Gasteiger partial charge in [-0.2, -0.15) is 0 Å². The smallest absolute Gasteiger partial charge is 0.295 e. The molecule has 0 spiro atoms. The highest BCUT2D eigenvalue weighted by molar-refractivity contribution is 6.46. The zero-order valence-corrected chi connectivity index (χ0v) is 19.4. The van der Waals surface area contributed by atoms with Crippen LogP contribution in [-0.4, -0.2) is 55.7 Å². The van der Waals surface area contributed by atoms with Crippen molar-refractivity contribution in [1.29, 1.82) is 0 Å². The fraction of sp³-hybridized carbons (Fsp3) is 0.385. The summed E-state index contributed by atoms with van der Waals surface area (Å²) >= 11 is 0. The van der Waals surface area contributed by atoms with Gasteiger partial charge in [-0.15, -0.1) is 0 Å². The van der Waals surface area contributed by atoms with Crippen LogP contribution in [0.15, 0.2) is 54.1 Å². The van der Waals surface area contributed by atoms with E-state index in [-0.39, 0.29) is 24.5 Å². The molecule has 1 saturated heterocycles. The lowest BCUT2D eigenvalue weighted by Crippen LogP contribution is -2.32. The van der Waals surface area contributed by atoms with Crippen molar-refractivity contribution in [2.45, 2.75) is 32.2 Å². The molecule has 7 nitrogen and oxygen atoms in total. The summed E-state index contributed by atoms with van der Waals surface area (Å²) in [6, 6.07) is 13.2. The minimum absolute atomic E-state index is 0.0252. The third kappa shape index (κ3) is 5.37. The van der Waals surface area contributed by atoms with Gasteiger partial charge in [0.25, 0.3) is 11.7 Å². The number of aliphatic hydroxyl groups is 1. The standard InChI is InChI=1S/C26H31NO6/c1-4-5-8-16-33-19-13-11-18(12-14-19)24(28)22-23(20-9-6-7-10-21(20)32-3)27(15-17-31-2)26(30)25(22)29/h6-7,9-14,23,28H,4-5,8,15-17H2,1-3H3/b24-22-. The number of amides is 1. The van der Waals surface area contributed by atoms with E-state index in [0.29, 0.717) is 29.2 Å². The Morgan fingerprint density at radius 3 is 2.39 bits per heavy atom. The van der Waals surface area contributed by atoms with Crippen LogP contribution in [0.4, 0.5) is 0 Å². The van der Waals surface area contributed by atoms with Crippen LogP contribution in [0.5, 0.6) is 11.5 Å². The summed E-state index contributed by atoms with van der Waals surface area (Å²) in [5.74, 6) is -0.445. The number of Topliss-reactive ketones (excluding diaryl/α,β-unsaturated/α-hetero) is 1. The predicted molar refractivity (Wildman–Crippen MR) is 125 cm³/mol. The largest absolute Gasteiger partial charge is 0.507 e. The highest BCUT2D eigenvalue weighted by Gasteiger charge is 2.46. The first kappa shape index (κ1) is 24.3. The Morgan fingerprint density at radius 2 is 1.73 bits per heavy atom. The van der Waals surface area contributed by atoms with Gasteiger partial charge in [0.1, 0.15) is 17.3 Å². The number of para-hydroxylation sites is 1. The molecule has 1 fully saturated rings. The number of nitrogens with zero attached hydrogens (tertiary/aromatic N) is 1. The molecule has 1 aliphatic rings. The van der Waals surface area contributed by atoms with E-state index in [1.54, 1.807) is 42.5 Å². The van der Waals surface area contributed by atoms with Gasteiger partial charge >= 0.3 is 0 Å². The molecule has 33 heavy (non-hydrogen) atoms. The minimum atomic E-state index is -0.790. The Balaban J connectivity index is 1.99. The van der Waals surface area contributed by atoms with Crippen molar-refractivity contribution < 1.29 is 28.9 Å². The summed E-state index contributed by atoms with van der Waals surface area (Å²) in [6.07, 6.45) is 3.19. The van der Waals surface area contributed by atoms with Crippen molar-refractivity contribution in [1.82, 2.24) is 4.90 Å². The number of unbranched alkanes of at least 4 members (excludes halogenated alkanes) is 2. The molecule has 2 aromatic carbocycles. The van der Waals surface area contributed by atoms with E-state index in [9.17, 15) is 14.7 Å². The first-order valence-electron chi connectivity index (χ1n) is 11.2. The van der Waals surface area contributed by atoms with Gasteiger partial charge in [0, 0.05) is 24.8 Å². The summed E-state index contributed by atoms with van der Waals surface area (Å²) < 4.78 is 16.4. The van der Waals surface area contributed by atoms with Gasteiger partial charge in [0.2, 0.25) is 0 Å². The third-order valence-corrected chi connectivity index (χ3v) is 5.65. The number of hydrogen-bond acceptors (Lipinski definition) is 6. The van der Waals surface area contributed by atoms with E-state index >= 15 is 0 Å². The topological polar surface area (TPSA) is 85.3 Å². The molecule has 2 aromatic rings. The van der Waals surface area contributed by atoms with Crippen molar-refractivity contribution in [3.05, 3.63) is 65.2 Å². The lowest BCUT2D eigenvalue weighted by atomic mass is 9.94. The molecule has 0 aliphatic carbocycles. The Labute approximate surface area is 194 Å². The molecule has 1 N–H and O–H groups in total. The predicted octanol–water partition coefficient (Wildman–Crippen LogP) is 4.33. The SMILES string of the molecule is CCCCCOc1ccc(/C(O)=C2/C(=O)C(=O)N(CCOC)C2c2ccccc2OC)cc1. The van der Waals surface area contributed by atoms with Crippen molar-refractivity contribution in [2.24, 2.45) is 0 Å².